The van der Waals surface area contributed by atoms with Crippen molar-refractivity contribution in [3.05, 3.63) is 0 Å². The van der Waals surface area contributed by atoms with Crippen LogP contribution in [0.5, 0.6) is 0 Å². The van der Waals surface area contributed by atoms with Crippen LogP contribution in [0.4, 0.5) is 0 Å². The molecule has 1 rings (SSSR count). The standard InChI is InChI=1S/C9H20N4O4S/c1-17-7-4-11-18(15,16)13-5-2-8(3-6-13)9(10)12-14/h8,11,14H,2-7H2,1H3,(H2,10,12). The van der Waals surface area contributed by atoms with E-state index >= 15 is 0 Å². The summed E-state index contributed by atoms with van der Waals surface area (Å²) in [6.07, 6.45) is 1.11. The smallest absolute Gasteiger partial charge is 0.279 e. The SMILES string of the molecule is COCCNS(=O)(=O)N1CCC(C(N)=NO)CC1. The number of amidine groups is 1. The molecule has 0 aromatic carbocycles. The Kier molecular flexibility index (Phi) is 5.79. The van der Waals surface area contributed by atoms with Crippen molar-refractivity contribution >= 4 is 16.0 Å². The highest BCUT2D eigenvalue weighted by Crippen LogP contribution is 2.18. The molecule has 0 radical (unpaired) electrons. The molecule has 0 aliphatic carbocycles. The molecule has 1 aliphatic heterocycles. The average molecular weight is 280 g/mol. The maximum absolute atomic E-state index is 11.9. The summed E-state index contributed by atoms with van der Waals surface area (Å²) in [4.78, 5) is 0. The van der Waals surface area contributed by atoms with Gasteiger partial charge in [-0.3, -0.25) is 0 Å². The number of hydrogen-bond donors (Lipinski definition) is 3. The molecule has 0 bridgehead atoms. The fourth-order valence-electron chi connectivity index (χ4n) is 1.84. The highest BCUT2D eigenvalue weighted by Gasteiger charge is 2.29. The lowest BCUT2D eigenvalue weighted by Gasteiger charge is -2.30. The van der Waals surface area contributed by atoms with Crippen molar-refractivity contribution in [2.75, 3.05) is 33.4 Å². The monoisotopic (exact) mass is 280 g/mol. The van der Waals surface area contributed by atoms with Crippen LogP contribution in [0.1, 0.15) is 12.8 Å². The summed E-state index contributed by atoms with van der Waals surface area (Å²) in [7, 11) is -1.94. The Morgan fingerprint density at radius 3 is 2.67 bits per heavy atom. The highest BCUT2D eigenvalue weighted by molar-refractivity contribution is 7.87. The number of oxime groups is 1. The molecule has 18 heavy (non-hydrogen) atoms. The number of piperidine rings is 1. The maximum atomic E-state index is 11.9. The molecule has 106 valence electrons. The van der Waals surface area contributed by atoms with Gasteiger partial charge < -0.3 is 15.7 Å². The van der Waals surface area contributed by atoms with E-state index in [2.05, 4.69) is 9.88 Å². The van der Waals surface area contributed by atoms with Gasteiger partial charge >= 0.3 is 0 Å². The minimum Gasteiger partial charge on any atom is -0.409 e. The van der Waals surface area contributed by atoms with Crippen molar-refractivity contribution in [3.8, 4) is 0 Å². The van der Waals surface area contributed by atoms with Gasteiger partial charge in [0.15, 0.2) is 0 Å². The van der Waals surface area contributed by atoms with Crippen LogP contribution >= 0.6 is 0 Å². The van der Waals surface area contributed by atoms with E-state index < -0.39 is 10.2 Å². The molecular formula is C9H20N4O4S. The predicted octanol–water partition coefficient (Wildman–Crippen LogP) is -1.07. The largest absolute Gasteiger partial charge is 0.409 e. The van der Waals surface area contributed by atoms with Gasteiger partial charge in [0.05, 0.1) is 6.61 Å². The molecule has 0 aromatic heterocycles. The fourth-order valence-corrected chi connectivity index (χ4v) is 3.05. The summed E-state index contributed by atoms with van der Waals surface area (Å²) in [6.45, 7) is 1.31. The third-order valence-corrected chi connectivity index (χ3v) is 4.53. The minimum atomic E-state index is -3.45. The number of nitrogens with zero attached hydrogens (tertiary/aromatic N) is 2. The zero-order valence-electron chi connectivity index (χ0n) is 10.4. The molecule has 4 N–H and O–H groups in total. The second kappa shape index (κ2) is 6.88. The molecule has 1 fully saturated rings. The Balaban J connectivity index is 2.46. The number of rotatable bonds is 6. The lowest BCUT2D eigenvalue weighted by Crippen LogP contribution is -2.47. The fraction of sp³-hybridized carbons (Fsp3) is 0.889. The van der Waals surface area contributed by atoms with E-state index in [4.69, 9.17) is 15.7 Å². The lowest BCUT2D eigenvalue weighted by atomic mass is 9.97. The van der Waals surface area contributed by atoms with Crippen molar-refractivity contribution in [1.29, 1.82) is 0 Å². The van der Waals surface area contributed by atoms with Crippen molar-refractivity contribution in [3.63, 3.8) is 0 Å². The van der Waals surface area contributed by atoms with Gasteiger partial charge in [0, 0.05) is 32.7 Å². The van der Waals surface area contributed by atoms with Gasteiger partial charge in [-0.1, -0.05) is 5.16 Å². The number of methoxy groups -OCH3 is 1. The van der Waals surface area contributed by atoms with Crippen LogP contribution in [0.2, 0.25) is 0 Å². The average Bonchev–Trinajstić information content (AvgIpc) is 2.38. The van der Waals surface area contributed by atoms with Crippen molar-refractivity contribution in [2.45, 2.75) is 12.8 Å². The van der Waals surface area contributed by atoms with Crippen LogP contribution in [0.15, 0.2) is 5.16 Å². The molecule has 1 saturated heterocycles. The zero-order valence-corrected chi connectivity index (χ0v) is 11.2. The van der Waals surface area contributed by atoms with Gasteiger partial charge in [0.2, 0.25) is 0 Å². The van der Waals surface area contributed by atoms with Crippen LogP contribution in [-0.4, -0.2) is 57.1 Å². The summed E-state index contributed by atoms with van der Waals surface area (Å²) >= 11 is 0. The Labute approximate surface area is 107 Å². The summed E-state index contributed by atoms with van der Waals surface area (Å²) in [6, 6.07) is 0. The van der Waals surface area contributed by atoms with E-state index in [1.807, 2.05) is 0 Å². The topological polar surface area (TPSA) is 117 Å². The van der Waals surface area contributed by atoms with Crippen LogP contribution in [-0.2, 0) is 14.9 Å². The first-order valence-electron chi connectivity index (χ1n) is 5.72. The Hall–Kier alpha value is -0.900. The molecule has 0 aromatic rings. The second-order valence-electron chi connectivity index (χ2n) is 4.09. The molecule has 1 aliphatic rings. The molecule has 0 saturated carbocycles. The van der Waals surface area contributed by atoms with Crippen LogP contribution in [0, 0.1) is 5.92 Å². The van der Waals surface area contributed by atoms with E-state index in [0.29, 0.717) is 32.5 Å². The summed E-state index contributed by atoms with van der Waals surface area (Å²) < 4.78 is 32.3. The van der Waals surface area contributed by atoms with E-state index in [0.717, 1.165) is 0 Å². The highest BCUT2D eigenvalue weighted by atomic mass is 32.2. The Morgan fingerprint density at radius 1 is 1.56 bits per heavy atom. The normalized spacial score (nSPS) is 20.2. The quantitative estimate of drug-likeness (QED) is 0.188. The number of hydrogen-bond acceptors (Lipinski definition) is 5. The molecule has 8 nitrogen and oxygen atoms in total. The molecule has 0 atom stereocenters. The van der Waals surface area contributed by atoms with E-state index in [1.54, 1.807) is 0 Å². The van der Waals surface area contributed by atoms with Gasteiger partial charge in [-0.2, -0.15) is 17.4 Å². The molecule has 0 amide bonds. The Bertz CT molecular complexity index is 376. The zero-order chi connectivity index (χ0) is 13.6. The minimum absolute atomic E-state index is 0.0552. The lowest BCUT2D eigenvalue weighted by molar-refractivity contribution is 0.203. The summed E-state index contributed by atoms with van der Waals surface area (Å²) in [5, 5.41) is 11.5. The molecule has 0 spiro atoms. The summed E-state index contributed by atoms with van der Waals surface area (Å²) in [5.41, 5.74) is 5.50. The van der Waals surface area contributed by atoms with Gasteiger partial charge in [-0.05, 0) is 12.8 Å². The third kappa shape index (κ3) is 4.09. The number of ether oxygens (including phenoxy) is 1. The maximum Gasteiger partial charge on any atom is 0.279 e. The first-order chi connectivity index (χ1) is 8.51. The van der Waals surface area contributed by atoms with Crippen LogP contribution in [0.3, 0.4) is 0 Å². The molecule has 0 unspecified atom stereocenters. The van der Waals surface area contributed by atoms with Crippen LogP contribution in [0.25, 0.3) is 0 Å². The van der Waals surface area contributed by atoms with Gasteiger partial charge in [0.25, 0.3) is 10.2 Å². The molecule has 1 heterocycles. The number of nitrogens with one attached hydrogen (secondary N) is 1. The Morgan fingerprint density at radius 2 is 2.17 bits per heavy atom. The first-order valence-corrected chi connectivity index (χ1v) is 7.16. The van der Waals surface area contributed by atoms with E-state index in [1.165, 1.54) is 11.4 Å². The van der Waals surface area contributed by atoms with Crippen molar-refractivity contribution < 1.29 is 18.4 Å². The molecular weight excluding hydrogens is 260 g/mol. The van der Waals surface area contributed by atoms with E-state index in [-0.39, 0.29) is 18.3 Å². The van der Waals surface area contributed by atoms with Crippen molar-refractivity contribution in [2.24, 2.45) is 16.8 Å². The van der Waals surface area contributed by atoms with Gasteiger partial charge in [0.1, 0.15) is 5.84 Å². The number of nitrogens with two attached hydrogens (primary N) is 1. The first kappa shape index (κ1) is 15.2. The van der Waals surface area contributed by atoms with Crippen molar-refractivity contribution in [1.82, 2.24) is 9.03 Å². The van der Waals surface area contributed by atoms with Crippen LogP contribution < -0.4 is 10.5 Å². The second-order valence-corrected chi connectivity index (χ2v) is 5.85. The predicted molar refractivity (Wildman–Crippen MR) is 66.5 cm³/mol. The third-order valence-electron chi connectivity index (χ3n) is 2.92. The summed E-state index contributed by atoms with van der Waals surface area (Å²) in [5.74, 6) is 0.111. The van der Waals surface area contributed by atoms with E-state index in [9.17, 15) is 8.42 Å². The van der Waals surface area contributed by atoms with Gasteiger partial charge in [-0.25, -0.2) is 0 Å². The van der Waals surface area contributed by atoms with Gasteiger partial charge in [-0.15, -0.1) is 0 Å². The molecule has 9 heteroatoms.